The molecule has 0 radical (unpaired) electrons. The van der Waals surface area contributed by atoms with Crippen LogP contribution in [0.4, 0.5) is 5.69 Å². The zero-order valence-corrected chi connectivity index (χ0v) is 8.21. The molecule has 0 aromatic heterocycles. The number of carboxylic acid groups (broad SMARTS) is 1. The van der Waals surface area contributed by atoms with E-state index >= 15 is 0 Å². The lowest BCUT2D eigenvalue weighted by Crippen LogP contribution is -2.12. The highest BCUT2D eigenvalue weighted by Crippen LogP contribution is 2.32. The summed E-state index contributed by atoms with van der Waals surface area (Å²) in [4.78, 5) is 14.6. The van der Waals surface area contributed by atoms with E-state index in [-0.39, 0.29) is 5.71 Å². The SMILES string of the molecule is O=C(O)C1=Nc2cccc(Br)c2C1. The van der Waals surface area contributed by atoms with Crippen molar-refractivity contribution in [1.82, 2.24) is 0 Å². The van der Waals surface area contributed by atoms with Gasteiger partial charge in [-0.2, -0.15) is 0 Å². The van der Waals surface area contributed by atoms with Crippen molar-refractivity contribution < 1.29 is 9.90 Å². The molecule has 1 aliphatic rings. The molecule has 0 fully saturated rings. The van der Waals surface area contributed by atoms with E-state index in [0.717, 1.165) is 15.7 Å². The number of carboxylic acids is 1. The molecule has 66 valence electrons. The second kappa shape index (κ2) is 2.96. The van der Waals surface area contributed by atoms with Crippen LogP contribution in [0.2, 0.25) is 0 Å². The molecule has 0 saturated carbocycles. The number of aliphatic carboxylic acids is 1. The number of carbonyl (C=O) groups is 1. The minimum absolute atomic E-state index is 0.210. The average molecular weight is 240 g/mol. The first-order valence-corrected chi connectivity index (χ1v) is 4.56. The summed E-state index contributed by atoms with van der Waals surface area (Å²) in [7, 11) is 0. The maximum Gasteiger partial charge on any atom is 0.350 e. The maximum absolute atomic E-state index is 10.6. The number of aliphatic imine (C=N–C) groups is 1. The molecule has 0 unspecified atom stereocenters. The number of hydrogen-bond donors (Lipinski definition) is 1. The smallest absolute Gasteiger partial charge is 0.350 e. The molecule has 0 bridgehead atoms. The molecular weight excluding hydrogens is 234 g/mol. The lowest BCUT2D eigenvalue weighted by atomic mass is 10.1. The second-order valence-electron chi connectivity index (χ2n) is 2.78. The molecule has 1 N–H and O–H groups in total. The van der Waals surface area contributed by atoms with Crippen LogP contribution in [0.25, 0.3) is 0 Å². The van der Waals surface area contributed by atoms with Gasteiger partial charge in [0.1, 0.15) is 5.71 Å². The maximum atomic E-state index is 10.6. The second-order valence-corrected chi connectivity index (χ2v) is 3.63. The molecule has 1 aliphatic heterocycles. The predicted molar refractivity (Wildman–Crippen MR) is 52.6 cm³/mol. The highest BCUT2D eigenvalue weighted by Gasteiger charge is 2.21. The quantitative estimate of drug-likeness (QED) is 0.817. The van der Waals surface area contributed by atoms with Gasteiger partial charge >= 0.3 is 5.97 Å². The molecule has 0 spiro atoms. The van der Waals surface area contributed by atoms with Crippen molar-refractivity contribution in [3.63, 3.8) is 0 Å². The number of fused-ring (bicyclic) bond motifs is 1. The number of benzene rings is 1. The molecule has 13 heavy (non-hydrogen) atoms. The molecule has 0 amide bonds. The van der Waals surface area contributed by atoms with Crippen molar-refractivity contribution in [3.05, 3.63) is 28.2 Å². The van der Waals surface area contributed by atoms with E-state index in [4.69, 9.17) is 5.11 Å². The van der Waals surface area contributed by atoms with Crippen LogP contribution in [0.1, 0.15) is 5.56 Å². The van der Waals surface area contributed by atoms with Crippen LogP contribution < -0.4 is 0 Å². The van der Waals surface area contributed by atoms with E-state index < -0.39 is 5.97 Å². The topological polar surface area (TPSA) is 49.7 Å². The summed E-state index contributed by atoms with van der Waals surface area (Å²) in [6.45, 7) is 0. The molecule has 2 rings (SSSR count). The zero-order chi connectivity index (χ0) is 9.42. The van der Waals surface area contributed by atoms with Gasteiger partial charge in [-0.05, 0) is 17.7 Å². The van der Waals surface area contributed by atoms with Crippen molar-refractivity contribution in [2.45, 2.75) is 6.42 Å². The van der Waals surface area contributed by atoms with Crippen molar-refractivity contribution >= 4 is 33.3 Å². The summed E-state index contributed by atoms with van der Waals surface area (Å²) in [6.07, 6.45) is 0.409. The number of rotatable bonds is 1. The van der Waals surface area contributed by atoms with E-state index in [1.54, 1.807) is 0 Å². The summed E-state index contributed by atoms with van der Waals surface area (Å²) < 4.78 is 0.921. The highest BCUT2D eigenvalue weighted by atomic mass is 79.9. The molecule has 1 aromatic rings. The Bertz CT molecular complexity index is 412. The molecule has 0 aliphatic carbocycles. The first-order chi connectivity index (χ1) is 6.18. The van der Waals surface area contributed by atoms with Crippen LogP contribution >= 0.6 is 15.9 Å². The number of nitrogens with zero attached hydrogens (tertiary/aromatic N) is 1. The van der Waals surface area contributed by atoms with E-state index in [1.807, 2.05) is 18.2 Å². The molecular formula is C9H6BrNO2. The van der Waals surface area contributed by atoms with E-state index in [9.17, 15) is 4.79 Å². The third kappa shape index (κ3) is 1.37. The largest absolute Gasteiger partial charge is 0.477 e. The molecule has 1 heterocycles. The summed E-state index contributed by atoms with van der Waals surface area (Å²) in [5.41, 5.74) is 1.92. The Morgan fingerprint density at radius 3 is 2.92 bits per heavy atom. The zero-order valence-electron chi connectivity index (χ0n) is 6.62. The Hall–Kier alpha value is -1.16. The predicted octanol–water partition coefficient (Wildman–Crippen LogP) is 2.16. The first-order valence-electron chi connectivity index (χ1n) is 3.77. The van der Waals surface area contributed by atoms with Gasteiger partial charge in [0, 0.05) is 10.9 Å². The molecule has 0 saturated heterocycles. The van der Waals surface area contributed by atoms with Crippen LogP contribution in [0.5, 0.6) is 0 Å². The fourth-order valence-electron chi connectivity index (χ4n) is 1.30. The lowest BCUT2D eigenvalue weighted by molar-refractivity contribution is -0.129. The summed E-state index contributed by atoms with van der Waals surface area (Å²) >= 11 is 3.36. The fraction of sp³-hybridized carbons (Fsp3) is 0.111. The number of halogens is 1. The lowest BCUT2D eigenvalue weighted by Gasteiger charge is -1.97. The van der Waals surface area contributed by atoms with Crippen LogP contribution in [0.3, 0.4) is 0 Å². The van der Waals surface area contributed by atoms with Gasteiger partial charge in [0.05, 0.1) is 5.69 Å². The monoisotopic (exact) mass is 239 g/mol. The van der Waals surface area contributed by atoms with Crippen LogP contribution in [0.15, 0.2) is 27.7 Å². The molecule has 0 atom stereocenters. The summed E-state index contributed by atoms with van der Waals surface area (Å²) in [5.74, 6) is -0.942. The van der Waals surface area contributed by atoms with Crippen molar-refractivity contribution in [2.24, 2.45) is 4.99 Å². The van der Waals surface area contributed by atoms with Crippen molar-refractivity contribution in [3.8, 4) is 0 Å². The minimum Gasteiger partial charge on any atom is -0.477 e. The van der Waals surface area contributed by atoms with Gasteiger partial charge in [-0.15, -0.1) is 0 Å². The normalized spacial score (nSPS) is 13.8. The third-order valence-corrected chi connectivity index (χ3v) is 2.68. The third-order valence-electron chi connectivity index (χ3n) is 1.94. The molecule has 4 heteroatoms. The molecule has 3 nitrogen and oxygen atoms in total. The van der Waals surface area contributed by atoms with Crippen LogP contribution in [-0.2, 0) is 11.2 Å². The van der Waals surface area contributed by atoms with Gasteiger partial charge in [-0.25, -0.2) is 9.79 Å². The Morgan fingerprint density at radius 1 is 1.54 bits per heavy atom. The Balaban J connectivity index is 2.46. The fourth-order valence-corrected chi connectivity index (χ4v) is 1.80. The Kier molecular flexibility index (Phi) is 1.92. The van der Waals surface area contributed by atoms with Crippen LogP contribution in [0, 0.1) is 0 Å². The first kappa shape index (κ1) is 8.44. The summed E-state index contributed by atoms with van der Waals surface area (Å²) in [6, 6.07) is 5.55. The minimum atomic E-state index is -0.942. The standard InChI is InChI=1S/C9H6BrNO2/c10-6-2-1-3-7-5(6)4-8(11-7)9(12)13/h1-3H,4H2,(H,12,13). The van der Waals surface area contributed by atoms with Gasteiger partial charge in [0.15, 0.2) is 0 Å². The Morgan fingerprint density at radius 2 is 2.31 bits per heavy atom. The van der Waals surface area contributed by atoms with Gasteiger partial charge in [0.2, 0.25) is 0 Å². The van der Waals surface area contributed by atoms with Gasteiger partial charge in [-0.1, -0.05) is 22.0 Å². The van der Waals surface area contributed by atoms with Crippen molar-refractivity contribution in [1.29, 1.82) is 0 Å². The van der Waals surface area contributed by atoms with E-state index in [0.29, 0.717) is 6.42 Å². The van der Waals surface area contributed by atoms with Crippen molar-refractivity contribution in [2.75, 3.05) is 0 Å². The summed E-state index contributed by atoms with van der Waals surface area (Å²) in [5, 5.41) is 8.73. The van der Waals surface area contributed by atoms with E-state index in [1.165, 1.54) is 0 Å². The highest BCUT2D eigenvalue weighted by molar-refractivity contribution is 9.10. The van der Waals surface area contributed by atoms with Gasteiger partial charge in [0.25, 0.3) is 0 Å². The van der Waals surface area contributed by atoms with E-state index in [2.05, 4.69) is 20.9 Å². The van der Waals surface area contributed by atoms with Gasteiger partial charge in [-0.3, -0.25) is 0 Å². The average Bonchev–Trinajstić information content (AvgIpc) is 2.49. The van der Waals surface area contributed by atoms with Gasteiger partial charge < -0.3 is 5.11 Å². The van der Waals surface area contributed by atoms with Crippen LogP contribution in [-0.4, -0.2) is 16.8 Å². The Labute approximate surface area is 83.2 Å². The molecule has 1 aromatic carbocycles. The number of hydrogen-bond acceptors (Lipinski definition) is 2.